The van der Waals surface area contributed by atoms with Crippen LogP contribution < -0.4 is 5.32 Å². The third-order valence-corrected chi connectivity index (χ3v) is 5.24. The molecule has 1 saturated carbocycles. The van der Waals surface area contributed by atoms with Gasteiger partial charge in [-0.05, 0) is 49.6 Å². The van der Waals surface area contributed by atoms with Crippen LogP contribution in [-0.4, -0.2) is 37.0 Å². The maximum Gasteiger partial charge on any atom is 0.223 e. The van der Waals surface area contributed by atoms with Crippen molar-refractivity contribution in [1.82, 2.24) is 10.2 Å². The molecule has 2 fully saturated rings. The smallest absolute Gasteiger partial charge is 0.223 e. The van der Waals surface area contributed by atoms with Crippen LogP contribution in [0, 0.1) is 17.8 Å². The predicted molar refractivity (Wildman–Crippen MR) is 89.6 cm³/mol. The summed E-state index contributed by atoms with van der Waals surface area (Å²) in [4.78, 5) is 14.6. The molecule has 3 rings (SSSR count). The fraction of sp³-hybridized carbons (Fsp3) is 0.632. The maximum absolute atomic E-state index is 12.0. The summed E-state index contributed by atoms with van der Waals surface area (Å²) in [5.74, 6) is 1.78. The number of likely N-dealkylation sites (tertiary alicyclic amines) is 1. The lowest BCUT2D eigenvalue weighted by molar-refractivity contribution is -0.125. The van der Waals surface area contributed by atoms with E-state index in [-0.39, 0.29) is 11.8 Å². The zero-order valence-electron chi connectivity index (χ0n) is 13.6. The Morgan fingerprint density at radius 1 is 1.27 bits per heavy atom. The molecule has 1 heterocycles. The van der Waals surface area contributed by atoms with Crippen LogP contribution in [-0.2, 0) is 11.2 Å². The van der Waals surface area contributed by atoms with Crippen LogP contribution in [0.4, 0.5) is 0 Å². The van der Waals surface area contributed by atoms with Crippen molar-refractivity contribution in [2.75, 3.05) is 26.2 Å². The van der Waals surface area contributed by atoms with Gasteiger partial charge in [0.1, 0.15) is 0 Å². The van der Waals surface area contributed by atoms with Gasteiger partial charge < -0.3 is 10.2 Å². The van der Waals surface area contributed by atoms with Gasteiger partial charge in [-0.3, -0.25) is 4.79 Å². The molecule has 1 saturated heterocycles. The van der Waals surface area contributed by atoms with Crippen LogP contribution in [0.1, 0.15) is 31.7 Å². The fourth-order valence-corrected chi connectivity index (χ4v) is 3.43. The molecule has 1 amide bonds. The molecule has 3 nitrogen and oxygen atoms in total. The van der Waals surface area contributed by atoms with Crippen molar-refractivity contribution >= 4 is 5.91 Å². The number of amides is 1. The van der Waals surface area contributed by atoms with E-state index in [4.69, 9.17) is 0 Å². The minimum atomic E-state index is 0.218. The molecule has 0 radical (unpaired) electrons. The number of hydrogen-bond donors (Lipinski definition) is 1. The van der Waals surface area contributed by atoms with E-state index in [0.717, 1.165) is 26.1 Å². The number of benzene rings is 1. The summed E-state index contributed by atoms with van der Waals surface area (Å²) in [5.41, 5.74) is 1.41. The highest BCUT2D eigenvalue weighted by atomic mass is 16.1. The molecule has 3 heteroatoms. The molecule has 0 aromatic heterocycles. The summed E-state index contributed by atoms with van der Waals surface area (Å²) in [6, 6.07) is 10.7. The van der Waals surface area contributed by atoms with Gasteiger partial charge in [-0.25, -0.2) is 0 Å². The largest absolute Gasteiger partial charge is 0.356 e. The Balaban J connectivity index is 1.34. The molecule has 0 bridgehead atoms. The number of carbonyl (C=O) groups is 1. The summed E-state index contributed by atoms with van der Waals surface area (Å²) in [5, 5.41) is 3.17. The molecule has 22 heavy (non-hydrogen) atoms. The third kappa shape index (κ3) is 4.33. The van der Waals surface area contributed by atoms with E-state index >= 15 is 0 Å². The summed E-state index contributed by atoms with van der Waals surface area (Å²) in [6.45, 7) is 6.37. The first kappa shape index (κ1) is 15.5. The zero-order chi connectivity index (χ0) is 15.4. The van der Waals surface area contributed by atoms with Crippen molar-refractivity contribution in [3.8, 4) is 0 Å². The Hall–Kier alpha value is -1.35. The lowest BCUT2D eigenvalue weighted by Crippen LogP contribution is -2.35. The van der Waals surface area contributed by atoms with Crippen molar-refractivity contribution in [2.24, 2.45) is 17.8 Å². The molecule has 1 aliphatic carbocycles. The Morgan fingerprint density at radius 3 is 2.77 bits per heavy atom. The molecule has 1 aliphatic heterocycles. The highest BCUT2D eigenvalue weighted by Crippen LogP contribution is 2.36. The van der Waals surface area contributed by atoms with E-state index < -0.39 is 0 Å². The van der Waals surface area contributed by atoms with Crippen molar-refractivity contribution in [2.45, 2.75) is 32.6 Å². The van der Waals surface area contributed by atoms with E-state index in [1.165, 1.54) is 31.4 Å². The number of nitrogens with one attached hydrogen (secondary N) is 1. The molecule has 1 aromatic carbocycles. The van der Waals surface area contributed by atoms with Gasteiger partial charge in [0.05, 0.1) is 0 Å². The second-order valence-electron chi connectivity index (χ2n) is 7.06. The van der Waals surface area contributed by atoms with E-state index in [0.29, 0.717) is 11.8 Å². The van der Waals surface area contributed by atoms with Crippen molar-refractivity contribution in [3.63, 3.8) is 0 Å². The molecule has 120 valence electrons. The van der Waals surface area contributed by atoms with Crippen LogP contribution in [0.25, 0.3) is 0 Å². The second kappa shape index (κ2) is 7.28. The van der Waals surface area contributed by atoms with Crippen molar-refractivity contribution in [3.05, 3.63) is 35.9 Å². The van der Waals surface area contributed by atoms with Crippen LogP contribution in [0.2, 0.25) is 0 Å². The monoisotopic (exact) mass is 300 g/mol. The first-order chi connectivity index (χ1) is 10.7. The average molecular weight is 300 g/mol. The standard InChI is InChI=1S/C19H28N2O/c1-15(18-7-8-18)19(22)20-13-17-10-12-21(14-17)11-9-16-5-3-2-4-6-16/h2-6,15,17-18H,7-14H2,1H3,(H,20,22). The van der Waals surface area contributed by atoms with Crippen LogP contribution in [0.3, 0.4) is 0 Å². The minimum Gasteiger partial charge on any atom is -0.356 e. The highest BCUT2D eigenvalue weighted by molar-refractivity contribution is 5.78. The van der Waals surface area contributed by atoms with Crippen molar-refractivity contribution < 1.29 is 4.79 Å². The van der Waals surface area contributed by atoms with Crippen LogP contribution in [0.15, 0.2) is 30.3 Å². The van der Waals surface area contributed by atoms with Gasteiger partial charge in [0, 0.05) is 25.6 Å². The van der Waals surface area contributed by atoms with Gasteiger partial charge >= 0.3 is 0 Å². The molecule has 0 spiro atoms. The van der Waals surface area contributed by atoms with Gasteiger partial charge in [0.2, 0.25) is 5.91 Å². The zero-order valence-corrected chi connectivity index (χ0v) is 13.6. The van der Waals surface area contributed by atoms with Crippen molar-refractivity contribution in [1.29, 1.82) is 0 Å². The van der Waals surface area contributed by atoms with E-state index in [1.807, 2.05) is 0 Å². The molecule has 2 aliphatic rings. The Labute approximate surface area is 134 Å². The Morgan fingerprint density at radius 2 is 2.05 bits per heavy atom. The molecular formula is C19H28N2O. The molecule has 1 N–H and O–H groups in total. The maximum atomic E-state index is 12.0. The normalized spacial score (nSPS) is 23.4. The second-order valence-corrected chi connectivity index (χ2v) is 7.06. The summed E-state index contributed by atoms with van der Waals surface area (Å²) < 4.78 is 0. The average Bonchev–Trinajstić information content (AvgIpc) is 3.30. The van der Waals surface area contributed by atoms with Gasteiger partial charge in [-0.2, -0.15) is 0 Å². The van der Waals surface area contributed by atoms with Gasteiger partial charge in [0.25, 0.3) is 0 Å². The lowest BCUT2D eigenvalue weighted by atomic mass is 10.0. The summed E-state index contributed by atoms with van der Waals surface area (Å²) in [6.07, 6.45) is 4.82. The number of carbonyl (C=O) groups excluding carboxylic acids is 1. The molecule has 2 atom stereocenters. The summed E-state index contributed by atoms with van der Waals surface area (Å²) >= 11 is 0. The van der Waals surface area contributed by atoms with E-state index in [9.17, 15) is 4.79 Å². The van der Waals surface area contributed by atoms with Crippen LogP contribution in [0.5, 0.6) is 0 Å². The topological polar surface area (TPSA) is 32.3 Å². The number of nitrogens with zero attached hydrogens (tertiary/aromatic N) is 1. The SMILES string of the molecule is CC(C(=O)NCC1CCN(CCc2ccccc2)C1)C1CC1. The van der Waals surface area contributed by atoms with Crippen LogP contribution >= 0.6 is 0 Å². The first-order valence-electron chi connectivity index (χ1n) is 8.76. The molecule has 1 aromatic rings. The predicted octanol–water partition coefficient (Wildman–Crippen LogP) is 2.71. The van der Waals surface area contributed by atoms with Gasteiger partial charge in [-0.15, -0.1) is 0 Å². The van der Waals surface area contributed by atoms with E-state index in [2.05, 4.69) is 47.5 Å². The Bertz CT molecular complexity index is 483. The molecular weight excluding hydrogens is 272 g/mol. The lowest BCUT2D eigenvalue weighted by Gasteiger charge is -2.17. The van der Waals surface area contributed by atoms with Gasteiger partial charge in [0.15, 0.2) is 0 Å². The first-order valence-corrected chi connectivity index (χ1v) is 8.76. The quantitative estimate of drug-likeness (QED) is 0.840. The number of hydrogen-bond acceptors (Lipinski definition) is 2. The highest BCUT2D eigenvalue weighted by Gasteiger charge is 2.33. The molecule has 2 unspecified atom stereocenters. The Kier molecular flexibility index (Phi) is 5.14. The van der Waals surface area contributed by atoms with Gasteiger partial charge in [-0.1, -0.05) is 37.3 Å². The third-order valence-electron chi connectivity index (χ3n) is 5.24. The minimum absolute atomic E-state index is 0.218. The summed E-state index contributed by atoms with van der Waals surface area (Å²) in [7, 11) is 0. The van der Waals surface area contributed by atoms with E-state index in [1.54, 1.807) is 0 Å². The fourth-order valence-electron chi connectivity index (χ4n) is 3.43. The number of rotatable bonds is 7.